The second-order valence-electron chi connectivity index (χ2n) is 6.39. The minimum atomic E-state index is -0.0764. The first-order valence-electron chi connectivity index (χ1n) is 8.97. The van der Waals surface area contributed by atoms with Crippen molar-refractivity contribution in [3.8, 4) is 0 Å². The highest BCUT2D eigenvalue weighted by molar-refractivity contribution is 7.99. The Morgan fingerprint density at radius 2 is 2.27 bits per heavy atom. The van der Waals surface area contributed by atoms with E-state index >= 15 is 0 Å². The fourth-order valence-electron chi connectivity index (χ4n) is 2.82. The number of aryl methyl sites for hydroxylation is 3. The van der Waals surface area contributed by atoms with Gasteiger partial charge in [0.1, 0.15) is 5.82 Å². The van der Waals surface area contributed by atoms with Crippen molar-refractivity contribution >= 4 is 34.1 Å². The third-order valence-corrected chi connectivity index (χ3v) is 6.24. The summed E-state index contributed by atoms with van der Waals surface area (Å²) in [5.74, 6) is 1.18. The van der Waals surface area contributed by atoms with Gasteiger partial charge in [-0.05, 0) is 33.1 Å². The average Bonchev–Trinajstić information content (AvgIpc) is 3.31. The van der Waals surface area contributed by atoms with E-state index in [0.717, 1.165) is 60.4 Å². The van der Waals surface area contributed by atoms with Crippen LogP contribution in [0.2, 0.25) is 0 Å². The Labute approximate surface area is 161 Å². The summed E-state index contributed by atoms with van der Waals surface area (Å²) in [6, 6.07) is 0. The third kappa shape index (κ3) is 4.83. The number of carbonyl (C=O) groups is 1. The number of amides is 1. The van der Waals surface area contributed by atoms with E-state index in [1.165, 1.54) is 23.1 Å². The summed E-state index contributed by atoms with van der Waals surface area (Å²) in [6.07, 6.45) is 4.28. The van der Waals surface area contributed by atoms with Gasteiger partial charge in [0, 0.05) is 17.9 Å². The summed E-state index contributed by atoms with van der Waals surface area (Å²) in [6.45, 7) is 7.66. The van der Waals surface area contributed by atoms with Crippen molar-refractivity contribution in [3.05, 3.63) is 16.4 Å². The number of nitrogens with one attached hydrogen (secondary N) is 1. The minimum absolute atomic E-state index is 0.0764. The zero-order valence-electron chi connectivity index (χ0n) is 15.4. The Balaban J connectivity index is 1.61. The first-order chi connectivity index (χ1) is 12.6. The molecule has 26 heavy (non-hydrogen) atoms. The number of hydrogen-bond donors (Lipinski definition) is 1. The van der Waals surface area contributed by atoms with E-state index < -0.39 is 0 Å². The van der Waals surface area contributed by atoms with Crippen LogP contribution in [0.1, 0.15) is 42.6 Å². The number of rotatable bonds is 8. The van der Waals surface area contributed by atoms with Crippen LogP contribution in [-0.2, 0) is 22.5 Å². The summed E-state index contributed by atoms with van der Waals surface area (Å²) in [5, 5.41) is 12.9. The molecular formula is C17H25N5O2S2. The second kappa shape index (κ2) is 8.96. The van der Waals surface area contributed by atoms with Crippen LogP contribution in [0.4, 0.5) is 5.13 Å². The number of hydrogen-bond acceptors (Lipinski definition) is 7. The second-order valence-corrected chi connectivity index (χ2v) is 8.54. The molecule has 9 heteroatoms. The van der Waals surface area contributed by atoms with Crippen LogP contribution in [0.25, 0.3) is 0 Å². The Bertz CT molecular complexity index is 733. The van der Waals surface area contributed by atoms with Crippen molar-refractivity contribution in [1.29, 1.82) is 0 Å². The van der Waals surface area contributed by atoms with Crippen molar-refractivity contribution in [1.82, 2.24) is 19.7 Å². The van der Waals surface area contributed by atoms with Gasteiger partial charge in [-0.1, -0.05) is 18.7 Å². The van der Waals surface area contributed by atoms with E-state index in [0.29, 0.717) is 5.13 Å². The van der Waals surface area contributed by atoms with Gasteiger partial charge in [-0.15, -0.1) is 21.5 Å². The lowest BCUT2D eigenvalue weighted by Crippen LogP contribution is -2.19. The molecule has 3 rings (SSSR count). The highest BCUT2D eigenvalue weighted by Crippen LogP contribution is 2.24. The van der Waals surface area contributed by atoms with Crippen molar-refractivity contribution < 1.29 is 9.53 Å². The summed E-state index contributed by atoms with van der Waals surface area (Å²) in [7, 11) is 0. The van der Waals surface area contributed by atoms with Crippen LogP contribution < -0.4 is 5.32 Å². The Kier molecular flexibility index (Phi) is 6.66. The molecule has 1 aliphatic rings. The van der Waals surface area contributed by atoms with Crippen LogP contribution in [0.3, 0.4) is 0 Å². The normalized spacial score (nSPS) is 17.0. The van der Waals surface area contributed by atoms with Gasteiger partial charge in [-0.3, -0.25) is 4.79 Å². The van der Waals surface area contributed by atoms with Gasteiger partial charge >= 0.3 is 0 Å². The minimum Gasteiger partial charge on any atom is -0.376 e. The number of carbonyl (C=O) groups excluding carboxylic acids is 1. The van der Waals surface area contributed by atoms with E-state index in [1.807, 2.05) is 13.8 Å². The van der Waals surface area contributed by atoms with Crippen molar-refractivity contribution in [2.24, 2.45) is 0 Å². The van der Waals surface area contributed by atoms with Crippen molar-refractivity contribution in [2.45, 2.75) is 64.3 Å². The van der Waals surface area contributed by atoms with Gasteiger partial charge in [0.05, 0.1) is 24.1 Å². The van der Waals surface area contributed by atoms with E-state index in [2.05, 4.69) is 32.0 Å². The van der Waals surface area contributed by atoms with Gasteiger partial charge in [-0.2, -0.15) is 0 Å². The molecule has 0 aromatic carbocycles. The molecule has 1 N–H and O–H groups in total. The van der Waals surface area contributed by atoms with E-state index in [1.54, 1.807) is 0 Å². The molecule has 1 fully saturated rings. The molecule has 1 aliphatic heterocycles. The number of nitrogens with zero attached hydrogens (tertiary/aromatic N) is 4. The van der Waals surface area contributed by atoms with Gasteiger partial charge in [0.25, 0.3) is 0 Å². The average molecular weight is 396 g/mol. The van der Waals surface area contributed by atoms with Gasteiger partial charge in [0.2, 0.25) is 5.91 Å². The number of anilines is 1. The maximum absolute atomic E-state index is 12.2. The number of aromatic nitrogens is 4. The molecule has 1 saturated heterocycles. The summed E-state index contributed by atoms with van der Waals surface area (Å²) in [4.78, 5) is 17.7. The highest BCUT2D eigenvalue weighted by atomic mass is 32.2. The van der Waals surface area contributed by atoms with Gasteiger partial charge in [-0.25, -0.2) is 4.98 Å². The predicted molar refractivity (Wildman–Crippen MR) is 104 cm³/mol. The first kappa shape index (κ1) is 19.3. The Morgan fingerprint density at radius 1 is 1.42 bits per heavy atom. The van der Waals surface area contributed by atoms with E-state index in [9.17, 15) is 4.79 Å². The Hall–Kier alpha value is -1.45. The smallest absolute Gasteiger partial charge is 0.236 e. The van der Waals surface area contributed by atoms with Crippen LogP contribution in [-0.4, -0.2) is 44.1 Å². The molecule has 1 amide bonds. The van der Waals surface area contributed by atoms with E-state index in [-0.39, 0.29) is 17.8 Å². The van der Waals surface area contributed by atoms with Gasteiger partial charge in [0.15, 0.2) is 10.3 Å². The Morgan fingerprint density at radius 3 is 2.92 bits per heavy atom. The molecule has 0 saturated carbocycles. The molecule has 0 bridgehead atoms. The number of thiazole rings is 1. The summed E-state index contributed by atoms with van der Waals surface area (Å²) < 4.78 is 7.88. The molecule has 2 aromatic heterocycles. The lowest BCUT2D eigenvalue weighted by molar-refractivity contribution is -0.113. The molecule has 0 aliphatic carbocycles. The first-order valence-corrected chi connectivity index (χ1v) is 10.8. The van der Waals surface area contributed by atoms with E-state index in [4.69, 9.17) is 4.74 Å². The number of thioether (sulfide) groups is 1. The number of ether oxygens (including phenoxy) is 1. The SMILES string of the molecule is CCCc1nnc(SCC(=O)Nc2nc(C)c(C)s2)n1C[C@H]1CCCO1. The zero-order chi connectivity index (χ0) is 18.5. The molecule has 142 valence electrons. The van der Waals surface area contributed by atoms with Crippen molar-refractivity contribution in [2.75, 3.05) is 17.7 Å². The largest absolute Gasteiger partial charge is 0.376 e. The van der Waals surface area contributed by atoms with Crippen molar-refractivity contribution in [3.63, 3.8) is 0 Å². The molecule has 0 radical (unpaired) electrons. The quantitative estimate of drug-likeness (QED) is 0.691. The molecular weight excluding hydrogens is 370 g/mol. The summed E-state index contributed by atoms with van der Waals surface area (Å²) in [5.41, 5.74) is 0.957. The molecule has 3 heterocycles. The zero-order valence-corrected chi connectivity index (χ0v) is 17.1. The highest BCUT2D eigenvalue weighted by Gasteiger charge is 2.21. The van der Waals surface area contributed by atoms with Crippen LogP contribution >= 0.6 is 23.1 Å². The monoisotopic (exact) mass is 395 g/mol. The molecule has 7 nitrogen and oxygen atoms in total. The maximum Gasteiger partial charge on any atom is 0.236 e. The van der Waals surface area contributed by atoms with Crippen LogP contribution in [0, 0.1) is 13.8 Å². The lowest BCUT2D eigenvalue weighted by atomic mass is 10.2. The lowest BCUT2D eigenvalue weighted by Gasteiger charge is -2.14. The predicted octanol–water partition coefficient (Wildman–Crippen LogP) is 3.21. The molecule has 1 atom stereocenters. The fourth-order valence-corrected chi connectivity index (χ4v) is 4.42. The third-order valence-electron chi connectivity index (χ3n) is 4.28. The molecule has 0 spiro atoms. The molecule has 0 unspecified atom stereocenters. The standard InChI is InChI=1S/C17H25N5O2S2/c1-4-6-14-20-21-17(22(14)9-13-7-5-8-24-13)25-10-15(23)19-16-18-11(2)12(3)26-16/h13H,4-10H2,1-3H3,(H,18,19,23)/t13-/m1/s1. The maximum atomic E-state index is 12.2. The van der Waals surface area contributed by atoms with Crippen LogP contribution in [0.15, 0.2) is 5.16 Å². The summed E-state index contributed by atoms with van der Waals surface area (Å²) >= 11 is 2.91. The molecule has 2 aromatic rings. The van der Waals surface area contributed by atoms with Gasteiger partial charge < -0.3 is 14.6 Å². The topological polar surface area (TPSA) is 81.9 Å². The van der Waals surface area contributed by atoms with Crippen LogP contribution in [0.5, 0.6) is 0 Å². The fraction of sp³-hybridized carbons (Fsp3) is 0.647.